The molecule has 0 N–H and O–H groups in total. The molecule has 0 spiro atoms. The van der Waals surface area contributed by atoms with Crippen molar-refractivity contribution in [3.63, 3.8) is 0 Å². The Kier molecular flexibility index (Phi) is 2.85. The van der Waals surface area contributed by atoms with Gasteiger partial charge in [0.15, 0.2) is 0 Å². The van der Waals surface area contributed by atoms with E-state index in [1.54, 1.807) is 12.3 Å². The molecule has 2 aromatic carbocycles. The summed E-state index contributed by atoms with van der Waals surface area (Å²) in [5.41, 5.74) is 1.83. The molecule has 1 radical (unpaired) electrons. The van der Waals surface area contributed by atoms with E-state index in [-0.39, 0.29) is 25.9 Å². The van der Waals surface area contributed by atoms with E-state index in [4.69, 9.17) is 0 Å². The van der Waals surface area contributed by atoms with Crippen molar-refractivity contribution in [2.24, 2.45) is 0 Å². The number of hydrogen-bond donors (Lipinski definition) is 0. The minimum absolute atomic E-state index is 0. The first kappa shape index (κ1) is 12.3. The van der Waals surface area contributed by atoms with Crippen LogP contribution < -0.4 is 0 Å². The fraction of sp³-hybridized carbons (Fsp3) is 0. The fourth-order valence-corrected chi connectivity index (χ4v) is 2.46. The topological polar surface area (TPSA) is 17.3 Å². The van der Waals surface area contributed by atoms with Crippen LogP contribution in [0.1, 0.15) is 0 Å². The molecule has 0 unspecified atom stereocenters. The van der Waals surface area contributed by atoms with E-state index in [2.05, 4.69) is 11.1 Å². The minimum Gasteiger partial charge on any atom is -0.340 e. The van der Waals surface area contributed by atoms with Gasteiger partial charge in [-0.1, -0.05) is 29.0 Å². The number of nitrogens with zero attached hydrogens (tertiary/aromatic N) is 2. The second-order valence-electron chi connectivity index (χ2n) is 4.24. The molecule has 0 bridgehead atoms. The summed E-state index contributed by atoms with van der Waals surface area (Å²) in [5, 5.41) is 2.71. The number of fused-ring (bicyclic) bond motifs is 6. The number of halogens is 1. The van der Waals surface area contributed by atoms with Gasteiger partial charge in [0.05, 0.1) is 5.65 Å². The van der Waals surface area contributed by atoms with Gasteiger partial charge in [0.25, 0.3) is 0 Å². The van der Waals surface area contributed by atoms with E-state index < -0.39 is 0 Å². The van der Waals surface area contributed by atoms with Gasteiger partial charge in [0.2, 0.25) is 0 Å². The van der Waals surface area contributed by atoms with Crippen LogP contribution in [0.15, 0.2) is 48.8 Å². The largest absolute Gasteiger partial charge is 0.340 e. The molecule has 0 aliphatic heterocycles. The van der Waals surface area contributed by atoms with Crippen molar-refractivity contribution in [3.05, 3.63) is 60.7 Å². The van der Waals surface area contributed by atoms with Crippen LogP contribution in [0.25, 0.3) is 27.3 Å². The zero-order valence-corrected chi connectivity index (χ0v) is 12.1. The molecule has 4 aromatic rings. The Balaban J connectivity index is 0.00000110. The fourth-order valence-electron chi connectivity index (χ4n) is 2.46. The first-order chi connectivity index (χ1) is 8.84. The number of hydrogen-bond acceptors (Lipinski definition) is 1. The van der Waals surface area contributed by atoms with Crippen molar-refractivity contribution >= 4 is 27.3 Å². The Hall–Kier alpha value is -1.77. The minimum atomic E-state index is -0.274. The molecule has 4 heteroatoms. The first-order valence-electron chi connectivity index (χ1n) is 5.69. The second kappa shape index (κ2) is 4.41. The molecule has 0 amide bonds. The van der Waals surface area contributed by atoms with Gasteiger partial charge in [0, 0.05) is 43.8 Å². The van der Waals surface area contributed by atoms with Gasteiger partial charge in [-0.15, -0.1) is 18.2 Å². The summed E-state index contributed by atoms with van der Waals surface area (Å²) < 4.78 is 15.4. The van der Waals surface area contributed by atoms with E-state index in [0.717, 1.165) is 27.3 Å². The maximum atomic E-state index is 13.4. The van der Waals surface area contributed by atoms with Crippen LogP contribution in [-0.4, -0.2) is 9.38 Å². The monoisotopic (exact) mass is 428 g/mol. The molecular weight excluding hydrogens is 419 g/mol. The number of pyridine rings is 1. The Labute approximate surface area is 122 Å². The summed E-state index contributed by atoms with van der Waals surface area (Å²) in [5.74, 6) is -0.274. The molecule has 19 heavy (non-hydrogen) atoms. The molecule has 0 fully saturated rings. The Morgan fingerprint density at radius 1 is 1.16 bits per heavy atom. The predicted molar refractivity (Wildman–Crippen MR) is 69.0 cm³/mol. The van der Waals surface area contributed by atoms with E-state index in [1.807, 2.05) is 34.9 Å². The standard InChI is InChI=1S/C15H8FN2.Ir/c16-10-5-6-12-13(9-10)11-3-1-2-4-14(11)18-8-7-17-15(12)18;/h1-5,7-9H;/q-1;. The second-order valence-corrected chi connectivity index (χ2v) is 4.24. The van der Waals surface area contributed by atoms with Gasteiger partial charge in [-0.2, -0.15) is 0 Å². The summed E-state index contributed by atoms with van der Waals surface area (Å²) >= 11 is 0. The average molecular weight is 427 g/mol. The smallest absolute Gasteiger partial charge is 0.0608 e. The number of para-hydroxylation sites is 1. The first-order valence-corrected chi connectivity index (χ1v) is 5.69. The van der Waals surface area contributed by atoms with Crippen LogP contribution in [-0.2, 0) is 20.1 Å². The van der Waals surface area contributed by atoms with Gasteiger partial charge >= 0.3 is 0 Å². The third-order valence-corrected chi connectivity index (χ3v) is 3.22. The average Bonchev–Trinajstić information content (AvgIpc) is 2.88. The molecule has 2 aromatic heterocycles. The van der Waals surface area contributed by atoms with Gasteiger partial charge < -0.3 is 4.40 Å². The third kappa shape index (κ3) is 1.68. The molecule has 95 valence electrons. The maximum Gasteiger partial charge on any atom is 0.0608 e. The summed E-state index contributed by atoms with van der Waals surface area (Å²) in [6.45, 7) is 0. The normalized spacial score (nSPS) is 11.0. The van der Waals surface area contributed by atoms with Crippen LogP contribution >= 0.6 is 0 Å². The maximum absolute atomic E-state index is 13.4. The third-order valence-electron chi connectivity index (χ3n) is 3.22. The van der Waals surface area contributed by atoms with Crippen molar-refractivity contribution in [3.8, 4) is 0 Å². The van der Waals surface area contributed by atoms with Crippen LogP contribution in [0.3, 0.4) is 0 Å². The van der Waals surface area contributed by atoms with E-state index in [9.17, 15) is 4.39 Å². The molecular formula is C15H8FIrN2-. The van der Waals surface area contributed by atoms with Gasteiger partial charge in [-0.05, 0) is 11.5 Å². The molecule has 0 aliphatic rings. The van der Waals surface area contributed by atoms with Crippen LogP contribution in [0.4, 0.5) is 4.39 Å². The molecule has 2 heterocycles. The number of imidazole rings is 1. The van der Waals surface area contributed by atoms with E-state index in [1.165, 1.54) is 6.07 Å². The zero-order valence-electron chi connectivity index (χ0n) is 9.72. The van der Waals surface area contributed by atoms with E-state index in [0.29, 0.717) is 0 Å². The van der Waals surface area contributed by atoms with Crippen LogP contribution in [0, 0.1) is 11.9 Å². The van der Waals surface area contributed by atoms with Gasteiger partial charge in [-0.25, -0.2) is 0 Å². The summed E-state index contributed by atoms with van der Waals surface area (Å²) in [7, 11) is 0. The predicted octanol–water partition coefficient (Wildman–Crippen LogP) is 3.58. The van der Waals surface area contributed by atoms with Gasteiger partial charge in [0.1, 0.15) is 0 Å². The van der Waals surface area contributed by atoms with Crippen molar-refractivity contribution < 1.29 is 24.5 Å². The molecule has 2 nitrogen and oxygen atoms in total. The quantitative estimate of drug-likeness (QED) is 0.310. The molecule has 0 atom stereocenters. The Morgan fingerprint density at radius 2 is 2.00 bits per heavy atom. The SMILES string of the molecule is Fc1c[c-]c2c(c1)c1ccccc1n1ccnc21.[Ir]. The van der Waals surface area contributed by atoms with Crippen molar-refractivity contribution in [2.45, 2.75) is 0 Å². The van der Waals surface area contributed by atoms with E-state index >= 15 is 0 Å². The Morgan fingerprint density at radius 3 is 2.89 bits per heavy atom. The summed E-state index contributed by atoms with van der Waals surface area (Å²) in [4.78, 5) is 4.34. The van der Waals surface area contributed by atoms with Crippen molar-refractivity contribution in [1.82, 2.24) is 9.38 Å². The Bertz CT molecular complexity index is 898. The zero-order chi connectivity index (χ0) is 12.1. The van der Waals surface area contributed by atoms with Crippen LogP contribution in [0.2, 0.25) is 0 Å². The van der Waals surface area contributed by atoms with Crippen molar-refractivity contribution in [2.75, 3.05) is 0 Å². The summed E-state index contributed by atoms with van der Waals surface area (Å²) in [6, 6.07) is 13.8. The van der Waals surface area contributed by atoms with Gasteiger partial charge in [-0.3, -0.25) is 9.37 Å². The molecule has 0 saturated heterocycles. The van der Waals surface area contributed by atoms with Crippen LogP contribution in [0.5, 0.6) is 0 Å². The van der Waals surface area contributed by atoms with Crippen molar-refractivity contribution in [1.29, 1.82) is 0 Å². The summed E-state index contributed by atoms with van der Waals surface area (Å²) in [6.07, 6.45) is 3.66. The molecule has 0 saturated carbocycles. The molecule has 4 rings (SSSR count). The molecule has 0 aliphatic carbocycles. The number of aromatic nitrogens is 2. The number of rotatable bonds is 0. The number of benzene rings is 2.